The molecule has 0 saturated carbocycles. The lowest BCUT2D eigenvalue weighted by Crippen LogP contribution is -2.26. The van der Waals surface area contributed by atoms with Crippen molar-refractivity contribution in [3.05, 3.63) is 39.9 Å². The van der Waals surface area contributed by atoms with Crippen molar-refractivity contribution >= 4 is 15.5 Å². The molecule has 1 aromatic rings. The Hall–Kier alpha value is -1.47. The summed E-state index contributed by atoms with van der Waals surface area (Å²) < 4.78 is 23.2. The SMILES string of the molecule is CCS(=O)(=O)[C@H](C)[C@@H](O)c1ccc([N+](=O)[O-])cc1. The molecule has 18 heavy (non-hydrogen) atoms. The fourth-order valence-corrected chi connectivity index (χ4v) is 2.60. The molecule has 0 aliphatic heterocycles. The van der Waals surface area contributed by atoms with Crippen molar-refractivity contribution in [1.29, 1.82) is 0 Å². The number of hydrogen-bond acceptors (Lipinski definition) is 5. The zero-order chi connectivity index (χ0) is 13.9. The van der Waals surface area contributed by atoms with Crippen molar-refractivity contribution in [2.24, 2.45) is 0 Å². The molecule has 100 valence electrons. The Morgan fingerprint density at radius 3 is 2.22 bits per heavy atom. The van der Waals surface area contributed by atoms with Crippen LogP contribution in [-0.2, 0) is 9.84 Å². The zero-order valence-corrected chi connectivity index (χ0v) is 10.9. The van der Waals surface area contributed by atoms with Gasteiger partial charge in [0.05, 0.1) is 16.3 Å². The van der Waals surface area contributed by atoms with E-state index in [0.717, 1.165) is 0 Å². The Kier molecular flexibility index (Phi) is 4.42. The van der Waals surface area contributed by atoms with Gasteiger partial charge >= 0.3 is 0 Å². The fourth-order valence-electron chi connectivity index (χ4n) is 1.52. The van der Waals surface area contributed by atoms with E-state index in [1.807, 2.05) is 0 Å². The van der Waals surface area contributed by atoms with Crippen LogP contribution in [0.4, 0.5) is 5.69 Å². The highest BCUT2D eigenvalue weighted by atomic mass is 32.2. The maximum atomic E-state index is 11.6. The minimum absolute atomic E-state index is 0.0573. The number of nitro benzene ring substituents is 1. The lowest BCUT2D eigenvalue weighted by Gasteiger charge is -2.18. The Bertz CT molecular complexity index is 523. The van der Waals surface area contributed by atoms with Crippen LogP contribution in [0.1, 0.15) is 25.5 Å². The predicted molar refractivity (Wildman–Crippen MR) is 67.0 cm³/mol. The first-order chi connectivity index (χ1) is 8.29. The molecule has 1 aromatic carbocycles. The number of aliphatic hydroxyl groups excluding tert-OH is 1. The van der Waals surface area contributed by atoms with Gasteiger partial charge < -0.3 is 5.11 Å². The summed E-state index contributed by atoms with van der Waals surface area (Å²) in [4.78, 5) is 9.92. The molecule has 0 aliphatic carbocycles. The van der Waals surface area contributed by atoms with E-state index >= 15 is 0 Å². The summed E-state index contributed by atoms with van der Waals surface area (Å²) in [5.41, 5.74) is 0.252. The number of nitro groups is 1. The molecule has 1 rings (SSSR count). The van der Waals surface area contributed by atoms with Crippen LogP contribution in [-0.4, -0.2) is 29.5 Å². The van der Waals surface area contributed by atoms with Crippen LogP contribution in [0.3, 0.4) is 0 Å². The van der Waals surface area contributed by atoms with E-state index in [4.69, 9.17) is 0 Å². The van der Waals surface area contributed by atoms with E-state index in [1.165, 1.54) is 38.1 Å². The average molecular weight is 273 g/mol. The predicted octanol–water partition coefficient (Wildman–Crippen LogP) is 1.45. The van der Waals surface area contributed by atoms with Gasteiger partial charge in [0.1, 0.15) is 0 Å². The van der Waals surface area contributed by atoms with Crippen LogP contribution in [0, 0.1) is 10.1 Å². The summed E-state index contributed by atoms with van der Waals surface area (Å²) in [5, 5.41) is 19.5. The maximum Gasteiger partial charge on any atom is 0.269 e. The first-order valence-electron chi connectivity index (χ1n) is 5.43. The van der Waals surface area contributed by atoms with E-state index in [9.17, 15) is 23.6 Å². The Balaban J connectivity index is 2.98. The first kappa shape index (κ1) is 14.6. The van der Waals surface area contributed by atoms with Gasteiger partial charge in [-0.1, -0.05) is 6.92 Å². The van der Waals surface area contributed by atoms with Crippen molar-refractivity contribution in [1.82, 2.24) is 0 Å². The minimum atomic E-state index is -3.36. The molecule has 0 heterocycles. The van der Waals surface area contributed by atoms with Gasteiger partial charge in [-0.05, 0) is 24.6 Å². The second kappa shape index (κ2) is 5.45. The van der Waals surface area contributed by atoms with E-state index in [1.54, 1.807) is 0 Å². The number of aliphatic hydroxyl groups is 1. The van der Waals surface area contributed by atoms with Gasteiger partial charge in [0, 0.05) is 17.9 Å². The standard InChI is InChI=1S/C11H15NO5S/c1-3-18(16,17)8(2)11(13)9-4-6-10(7-5-9)12(14)15/h4-8,11,13H,3H2,1-2H3/t8-,11-/m1/s1. The molecule has 0 saturated heterocycles. The maximum absolute atomic E-state index is 11.6. The molecule has 0 bridgehead atoms. The Morgan fingerprint density at radius 1 is 1.33 bits per heavy atom. The third-order valence-electron chi connectivity index (χ3n) is 2.86. The highest BCUT2D eigenvalue weighted by molar-refractivity contribution is 7.92. The lowest BCUT2D eigenvalue weighted by atomic mass is 10.1. The molecule has 0 fully saturated rings. The van der Waals surface area contributed by atoms with E-state index in [-0.39, 0.29) is 11.4 Å². The molecule has 2 atom stereocenters. The molecule has 0 aliphatic rings. The second-order valence-corrected chi connectivity index (χ2v) is 6.60. The second-order valence-electron chi connectivity index (χ2n) is 3.95. The molecule has 1 N–H and O–H groups in total. The highest BCUT2D eigenvalue weighted by Gasteiger charge is 2.27. The number of sulfone groups is 1. The summed E-state index contributed by atoms with van der Waals surface area (Å²) in [7, 11) is -3.36. The quantitative estimate of drug-likeness (QED) is 0.646. The van der Waals surface area contributed by atoms with E-state index in [2.05, 4.69) is 0 Å². The van der Waals surface area contributed by atoms with Crippen molar-refractivity contribution in [3.63, 3.8) is 0 Å². The topological polar surface area (TPSA) is 97.5 Å². The summed E-state index contributed by atoms with van der Waals surface area (Å²) in [6.07, 6.45) is -1.18. The van der Waals surface area contributed by atoms with Crippen molar-refractivity contribution in [2.45, 2.75) is 25.2 Å². The first-order valence-corrected chi connectivity index (χ1v) is 7.15. The molecule has 0 aromatic heterocycles. The van der Waals surface area contributed by atoms with Crippen LogP contribution in [0.2, 0.25) is 0 Å². The monoisotopic (exact) mass is 273 g/mol. The number of non-ortho nitro benzene ring substituents is 1. The Labute approximate surface area is 105 Å². The molecule has 6 nitrogen and oxygen atoms in total. The molecule has 7 heteroatoms. The van der Waals surface area contributed by atoms with Gasteiger partial charge in [-0.15, -0.1) is 0 Å². The van der Waals surface area contributed by atoms with Gasteiger partial charge in [0.15, 0.2) is 9.84 Å². The fraction of sp³-hybridized carbons (Fsp3) is 0.455. The summed E-state index contributed by atoms with van der Waals surface area (Å²) in [6, 6.07) is 5.21. The molecular weight excluding hydrogens is 258 g/mol. The number of rotatable bonds is 5. The van der Waals surface area contributed by atoms with Crippen LogP contribution in [0.5, 0.6) is 0 Å². The van der Waals surface area contributed by atoms with Gasteiger partial charge in [-0.3, -0.25) is 10.1 Å². The number of nitrogens with zero attached hydrogens (tertiary/aromatic N) is 1. The lowest BCUT2D eigenvalue weighted by molar-refractivity contribution is -0.384. The van der Waals surface area contributed by atoms with Crippen LogP contribution in [0.25, 0.3) is 0 Å². The van der Waals surface area contributed by atoms with Crippen LogP contribution in [0.15, 0.2) is 24.3 Å². The third kappa shape index (κ3) is 3.05. The van der Waals surface area contributed by atoms with Crippen molar-refractivity contribution in [3.8, 4) is 0 Å². The molecule has 0 unspecified atom stereocenters. The number of hydrogen-bond donors (Lipinski definition) is 1. The summed E-state index contributed by atoms with van der Waals surface area (Å²) in [6.45, 7) is 2.93. The van der Waals surface area contributed by atoms with Crippen molar-refractivity contribution in [2.75, 3.05) is 5.75 Å². The molecule has 0 amide bonds. The normalized spacial score (nSPS) is 15.1. The smallest absolute Gasteiger partial charge is 0.269 e. The van der Waals surface area contributed by atoms with E-state index in [0.29, 0.717) is 5.56 Å². The van der Waals surface area contributed by atoms with Gasteiger partial charge in [-0.2, -0.15) is 0 Å². The number of benzene rings is 1. The molecule has 0 radical (unpaired) electrons. The van der Waals surface area contributed by atoms with Crippen LogP contribution >= 0.6 is 0 Å². The van der Waals surface area contributed by atoms with Gasteiger partial charge in [0.25, 0.3) is 5.69 Å². The zero-order valence-electron chi connectivity index (χ0n) is 10.1. The summed E-state index contributed by atoms with van der Waals surface area (Å²) in [5.74, 6) is -0.0573. The minimum Gasteiger partial charge on any atom is -0.387 e. The summed E-state index contributed by atoms with van der Waals surface area (Å²) >= 11 is 0. The Morgan fingerprint density at radius 2 is 1.83 bits per heavy atom. The van der Waals surface area contributed by atoms with Crippen molar-refractivity contribution < 1.29 is 18.4 Å². The van der Waals surface area contributed by atoms with Crippen LogP contribution < -0.4 is 0 Å². The molecular formula is C11H15NO5S. The van der Waals surface area contributed by atoms with E-state index < -0.39 is 26.1 Å². The van der Waals surface area contributed by atoms with Gasteiger partial charge in [0.2, 0.25) is 0 Å². The molecule has 0 spiro atoms. The van der Waals surface area contributed by atoms with Gasteiger partial charge in [-0.25, -0.2) is 8.42 Å². The third-order valence-corrected chi connectivity index (χ3v) is 5.05. The average Bonchev–Trinajstić information content (AvgIpc) is 2.37. The highest BCUT2D eigenvalue weighted by Crippen LogP contribution is 2.24. The largest absolute Gasteiger partial charge is 0.387 e.